The van der Waals surface area contributed by atoms with Gasteiger partial charge in [-0.25, -0.2) is 4.98 Å². The third-order valence-electron chi connectivity index (χ3n) is 5.99. The SMILES string of the molecule is CN(C)c1ccc(NC(=S)N2CCC(c3nc(C(=O)NCc4cccc(Cl)c4Cl)cs3)CC2)cc1. The Bertz CT molecular complexity index is 1190. The highest BCUT2D eigenvalue weighted by molar-refractivity contribution is 7.80. The van der Waals surface area contributed by atoms with E-state index in [0.29, 0.717) is 28.2 Å². The second-order valence-corrected chi connectivity index (χ2v) is 10.7. The van der Waals surface area contributed by atoms with Crippen molar-refractivity contribution in [3.05, 3.63) is 74.2 Å². The highest BCUT2D eigenvalue weighted by Crippen LogP contribution is 2.31. The maximum Gasteiger partial charge on any atom is 0.271 e. The maximum absolute atomic E-state index is 12.6. The molecule has 3 aromatic rings. The number of anilines is 2. The summed E-state index contributed by atoms with van der Waals surface area (Å²) < 4.78 is 0. The first-order chi connectivity index (χ1) is 16.8. The van der Waals surface area contributed by atoms with E-state index in [0.717, 1.165) is 53.0 Å². The third kappa shape index (κ3) is 6.44. The molecule has 0 spiro atoms. The molecule has 0 saturated carbocycles. The Hall–Kier alpha value is -2.39. The number of likely N-dealkylation sites (tertiary alicyclic amines) is 1. The van der Waals surface area contributed by atoms with Crippen LogP contribution in [-0.4, -0.2) is 48.1 Å². The zero-order chi connectivity index (χ0) is 24.9. The van der Waals surface area contributed by atoms with Crippen LogP contribution in [0.1, 0.15) is 39.8 Å². The quantitative estimate of drug-likeness (QED) is 0.368. The third-order valence-corrected chi connectivity index (χ3v) is 8.22. The van der Waals surface area contributed by atoms with Crippen molar-refractivity contribution in [3.63, 3.8) is 0 Å². The van der Waals surface area contributed by atoms with Gasteiger partial charge >= 0.3 is 0 Å². The molecule has 0 radical (unpaired) electrons. The van der Waals surface area contributed by atoms with E-state index in [1.807, 2.05) is 43.7 Å². The Morgan fingerprint density at radius 3 is 2.57 bits per heavy atom. The molecule has 0 unspecified atom stereocenters. The Morgan fingerprint density at radius 1 is 1.17 bits per heavy atom. The van der Waals surface area contributed by atoms with Crippen molar-refractivity contribution in [1.29, 1.82) is 0 Å². The van der Waals surface area contributed by atoms with Gasteiger partial charge in [-0.15, -0.1) is 11.3 Å². The van der Waals surface area contributed by atoms with E-state index in [2.05, 4.69) is 37.6 Å². The average molecular weight is 549 g/mol. The van der Waals surface area contributed by atoms with Crippen LogP contribution >= 0.6 is 46.8 Å². The fraction of sp³-hybridized carbons (Fsp3) is 0.320. The number of halogens is 2. The van der Waals surface area contributed by atoms with Crippen molar-refractivity contribution in [2.45, 2.75) is 25.3 Å². The number of benzene rings is 2. The molecule has 0 atom stereocenters. The standard InChI is InChI=1S/C25H27Cl2N5OS2/c1-31(2)19-8-6-18(7-9-19)29-25(34)32-12-10-16(11-13-32)24-30-21(15-35-24)23(33)28-14-17-4-3-5-20(26)22(17)27/h3-9,15-16H,10-14H2,1-2H3,(H,28,33)(H,29,34). The molecule has 0 bridgehead atoms. The molecular formula is C25H27Cl2N5OS2. The number of nitrogens with zero attached hydrogens (tertiary/aromatic N) is 3. The second-order valence-electron chi connectivity index (χ2n) is 8.60. The molecule has 1 aliphatic rings. The Labute approximate surface area is 225 Å². The number of rotatable bonds is 6. The van der Waals surface area contributed by atoms with Gasteiger partial charge in [0.15, 0.2) is 5.11 Å². The Balaban J connectivity index is 1.27. The van der Waals surface area contributed by atoms with Crippen molar-refractivity contribution >= 4 is 69.2 Å². The number of nitrogens with one attached hydrogen (secondary N) is 2. The fourth-order valence-electron chi connectivity index (χ4n) is 3.91. The number of aromatic nitrogens is 1. The van der Waals surface area contributed by atoms with Crippen LogP contribution in [0, 0.1) is 0 Å². The summed E-state index contributed by atoms with van der Waals surface area (Å²) in [7, 11) is 4.04. The lowest BCUT2D eigenvalue weighted by Gasteiger charge is -2.33. The van der Waals surface area contributed by atoms with Gasteiger partial charge in [0.25, 0.3) is 5.91 Å². The fourth-order valence-corrected chi connectivity index (χ4v) is 5.56. The Kier molecular flexibility index (Phi) is 8.49. The van der Waals surface area contributed by atoms with Crippen LogP contribution in [0.2, 0.25) is 10.0 Å². The lowest BCUT2D eigenvalue weighted by atomic mass is 9.98. The average Bonchev–Trinajstić information content (AvgIpc) is 3.36. The van der Waals surface area contributed by atoms with E-state index >= 15 is 0 Å². The Morgan fingerprint density at radius 2 is 1.89 bits per heavy atom. The molecule has 1 aromatic heterocycles. The molecule has 1 fully saturated rings. The largest absolute Gasteiger partial charge is 0.378 e. The van der Waals surface area contributed by atoms with Crippen LogP contribution in [0.15, 0.2) is 47.8 Å². The summed E-state index contributed by atoms with van der Waals surface area (Å²) >= 11 is 19.4. The minimum atomic E-state index is -0.216. The van der Waals surface area contributed by atoms with Crippen molar-refractivity contribution in [2.24, 2.45) is 0 Å². The lowest BCUT2D eigenvalue weighted by Crippen LogP contribution is -2.40. The van der Waals surface area contributed by atoms with Gasteiger partial charge in [0.2, 0.25) is 0 Å². The molecule has 1 aliphatic heterocycles. The molecule has 6 nitrogen and oxygen atoms in total. The molecule has 4 rings (SSSR count). The summed E-state index contributed by atoms with van der Waals surface area (Å²) in [4.78, 5) is 21.5. The number of amides is 1. The van der Waals surface area contributed by atoms with Gasteiger partial charge in [-0.3, -0.25) is 4.79 Å². The first-order valence-electron chi connectivity index (χ1n) is 11.3. The minimum absolute atomic E-state index is 0.216. The predicted octanol–water partition coefficient (Wildman–Crippen LogP) is 6.02. The number of hydrogen-bond acceptors (Lipinski definition) is 5. The van der Waals surface area contributed by atoms with E-state index in [4.69, 9.17) is 35.4 Å². The summed E-state index contributed by atoms with van der Waals surface area (Å²) in [6.45, 7) is 1.99. The highest BCUT2D eigenvalue weighted by Gasteiger charge is 2.25. The molecule has 184 valence electrons. The van der Waals surface area contributed by atoms with Crippen LogP contribution in [0.3, 0.4) is 0 Å². The van der Waals surface area contributed by atoms with Crippen molar-refractivity contribution < 1.29 is 4.79 Å². The van der Waals surface area contributed by atoms with Crippen LogP contribution in [0.5, 0.6) is 0 Å². The van der Waals surface area contributed by atoms with Gasteiger partial charge in [-0.1, -0.05) is 35.3 Å². The zero-order valence-electron chi connectivity index (χ0n) is 19.6. The monoisotopic (exact) mass is 547 g/mol. The van der Waals surface area contributed by atoms with Crippen LogP contribution < -0.4 is 15.5 Å². The maximum atomic E-state index is 12.6. The van der Waals surface area contributed by atoms with Gasteiger partial charge in [0.1, 0.15) is 5.69 Å². The molecule has 0 aliphatic carbocycles. The van der Waals surface area contributed by atoms with Gasteiger partial charge in [-0.2, -0.15) is 0 Å². The smallest absolute Gasteiger partial charge is 0.271 e. The van der Waals surface area contributed by atoms with E-state index in [9.17, 15) is 4.79 Å². The van der Waals surface area contributed by atoms with E-state index in [-0.39, 0.29) is 5.91 Å². The predicted molar refractivity (Wildman–Crippen MR) is 150 cm³/mol. The van der Waals surface area contributed by atoms with Crippen LogP contribution in [-0.2, 0) is 6.54 Å². The minimum Gasteiger partial charge on any atom is -0.378 e. The molecule has 10 heteroatoms. The van der Waals surface area contributed by atoms with Gasteiger partial charge in [0.05, 0.1) is 15.1 Å². The molecule has 1 amide bonds. The molecular weight excluding hydrogens is 521 g/mol. The normalized spacial score (nSPS) is 14.0. The number of piperidine rings is 1. The summed E-state index contributed by atoms with van der Waals surface area (Å²) in [5.74, 6) is 0.106. The van der Waals surface area contributed by atoms with Crippen molar-refractivity contribution in [1.82, 2.24) is 15.2 Å². The van der Waals surface area contributed by atoms with Gasteiger partial charge < -0.3 is 20.4 Å². The summed E-state index contributed by atoms with van der Waals surface area (Å²) in [6.07, 6.45) is 1.88. The number of thiazole rings is 1. The summed E-state index contributed by atoms with van der Waals surface area (Å²) in [5, 5.41) is 10.7. The molecule has 2 heterocycles. The number of hydrogen-bond donors (Lipinski definition) is 2. The topological polar surface area (TPSA) is 60.5 Å². The number of carbonyl (C=O) groups excluding carboxylic acids is 1. The molecule has 2 N–H and O–H groups in total. The first kappa shape index (κ1) is 25.7. The number of thiocarbonyl (C=S) groups is 1. The van der Waals surface area contributed by atoms with Crippen LogP contribution in [0.25, 0.3) is 0 Å². The zero-order valence-corrected chi connectivity index (χ0v) is 22.7. The van der Waals surface area contributed by atoms with Gasteiger partial charge in [0, 0.05) is 56.4 Å². The van der Waals surface area contributed by atoms with Gasteiger partial charge in [-0.05, 0) is 61.0 Å². The summed E-state index contributed by atoms with van der Waals surface area (Å²) in [5.41, 5.74) is 3.34. The lowest BCUT2D eigenvalue weighted by molar-refractivity contribution is 0.0946. The second kappa shape index (κ2) is 11.6. The van der Waals surface area contributed by atoms with E-state index in [1.54, 1.807) is 6.07 Å². The van der Waals surface area contributed by atoms with Crippen molar-refractivity contribution in [2.75, 3.05) is 37.4 Å². The molecule has 2 aromatic carbocycles. The molecule has 1 saturated heterocycles. The summed E-state index contributed by atoms with van der Waals surface area (Å²) in [6, 6.07) is 13.6. The number of carbonyl (C=O) groups is 1. The molecule has 35 heavy (non-hydrogen) atoms. The first-order valence-corrected chi connectivity index (χ1v) is 13.4. The van der Waals surface area contributed by atoms with E-state index in [1.165, 1.54) is 11.3 Å². The van der Waals surface area contributed by atoms with Crippen molar-refractivity contribution in [3.8, 4) is 0 Å². The van der Waals surface area contributed by atoms with E-state index < -0.39 is 0 Å². The van der Waals surface area contributed by atoms with Crippen LogP contribution in [0.4, 0.5) is 11.4 Å². The highest BCUT2D eigenvalue weighted by atomic mass is 35.5.